The predicted molar refractivity (Wildman–Crippen MR) is 113 cm³/mol. The molecule has 0 bridgehead atoms. The molecular formula is C19H27IN4O. The summed E-state index contributed by atoms with van der Waals surface area (Å²) in [5.74, 6) is 1.75. The van der Waals surface area contributed by atoms with Crippen LogP contribution in [0.25, 0.3) is 0 Å². The Kier molecular flexibility index (Phi) is 6.37. The summed E-state index contributed by atoms with van der Waals surface area (Å²) in [6.45, 7) is 4.98. The van der Waals surface area contributed by atoms with E-state index in [0.29, 0.717) is 0 Å². The topological polar surface area (TPSA) is 50.6 Å². The molecule has 2 aromatic rings. The van der Waals surface area contributed by atoms with Crippen molar-refractivity contribution in [1.29, 1.82) is 0 Å². The second-order valence-corrected chi connectivity index (χ2v) is 6.84. The van der Waals surface area contributed by atoms with Crippen molar-refractivity contribution in [2.24, 2.45) is 12.0 Å². The molecule has 3 rings (SSSR count). The van der Waals surface area contributed by atoms with E-state index in [1.165, 1.54) is 11.3 Å². The van der Waals surface area contributed by atoms with Crippen LogP contribution in [0, 0.1) is 0 Å². The highest BCUT2D eigenvalue weighted by Gasteiger charge is 2.33. The molecule has 2 heterocycles. The van der Waals surface area contributed by atoms with Crippen LogP contribution < -0.4 is 15.4 Å². The van der Waals surface area contributed by atoms with Crippen molar-refractivity contribution in [2.75, 3.05) is 7.05 Å². The van der Waals surface area contributed by atoms with Crippen LogP contribution in [-0.2, 0) is 13.6 Å². The van der Waals surface area contributed by atoms with Gasteiger partial charge in [0.15, 0.2) is 5.96 Å². The number of guanidine groups is 1. The Morgan fingerprint density at radius 1 is 1.28 bits per heavy atom. The number of hydrogen-bond donors (Lipinski definition) is 2. The molecule has 0 saturated carbocycles. The Bertz CT molecular complexity index is 739. The average molecular weight is 454 g/mol. The minimum absolute atomic E-state index is 0. The van der Waals surface area contributed by atoms with Gasteiger partial charge < -0.3 is 19.9 Å². The second kappa shape index (κ2) is 8.12. The molecule has 0 radical (unpaired) electrons. The molecule has 2 N–H and O–H groups in total. The average Bonchev–Trinajstić information content (AvgIpc) is 2.95. The van der Waals surface area contributed by atoms with Crippen LogP contribution in [0.4, 0.5) is 0 Å². The van der Waals surface area contributed by atoms with Gasteiger partial charge in [-0.1, -0.05) is 18.2 Å². The van der Waals surface area contributed by atoms with E-state index < -0.39 is 0 Å². The molecule has 1 aliphatic heterocycles. The number of nitrogens with one attached hydrogen (secondary N) is 2. The molecular weight excluding hydrogens is 427 g/mol. The molecule has 136 valence electrons. The lowest BCUT2D eigenvalue weighted by molar-refractivity contribution is 0.0694. The Hall–Kier alpha value is -1.70. The number of rotatable bonds is 3. The van der Waals surface area contributed by atoms with Crippen molar-refractivity contribution < 1.29 is 4.74 Å². The van der Waals surface area contributed by atoms with Gasteiger partial charge in [-0.3, -0.25) is 4.99 Å². The minimum Gasteiger partial charge on any atom is -0.487 e. The molecule has 1 aliphatic rings. The molecule has 0 aliphatic carbocycles. The number of nitrogens with zero attached hydrogens (tertiary/aromatic N) is 2. The summed E-state index contributed by atoms with van der Waals surface area (Å²) < 4.78 is 8.20. The van der Waals surface area contributed by atoms with E-state index in [1.54, 1.807) is 7.05 Å². The van der Waals surface area contributed by atoms with Crippen LogP contribution in [0.15, 0.2) is 47.6 Å². The van der Waals surface area contributed by atoms with E-state index in [0.717, 1.165) is 24.7 Å². The molecule has 1 unspecified atom stereocenters. The van der Waals surface area contributed by atoms with Gasteiger partial charge in [0.25, 0.3) is 0 Å². The summed E-state index contributed by atoms with van der Waals surface area (Å²) in [6.07, 6.45) is 2.93. The lowest BCUT2D eigenvalue weighted by Gasteiger charge is -2.38. The van der Waals surface area contributed by atoms with Crippen molar-refractivity contribution in [3.63, 3.8) is 0 Å². The Balaban J connectivity index is 0.00000225. The van der Waals surface area contributed by atoms with Gasteiger partial charge in [0.1, 0.15) is 11.4 Å². The van der Waals surface area contributed by atoms with Gasteiger partial charge in [0, 0.05) is 38.0 Å². The summed E-state index contributed by atoms with van der Waals surface area (Å²) in [7, 11) is 3.85. The molecule has 1 atom stereocenters. The number of halogens is 1. The normalized spacial score (nSPS) is 18.6. The van der Waals surface area contributed by atoms with Crippen LogP contribution in [0.5, 0.6) is 5.75 Å². The second-order valence-electron chi connectivity index (χ2n) is 6.84. The zero-order chi connectivity index (χ0) is 17.2. The van der Waals surface area contributed by atoms with Crippen molar-refractivity contribution in [3.05, 3.63) is 53.9 Å². The number of hydrogen-bond acceptors (Lipinski definition) is 2. The van der Waals surface area contributed by atoms with Crippen LogP contribution in [0.3, 0.4) is 0 Å². The van der Waals surface area contributed by atoms with Crippen LogP contribution >= 0.6 is 24.0 Å². The molecule has 0 fully saturated rings. The molecule has 1 aromatic heterocycles. The fourth-order valence-corrected chi connectivity index (χ4v) is 3.15. The van der Waals surface area contributed by atoms with Crippen molar-refractivity contribution in [1.82, 2.24) is 15.2 Å². The Morgan fingerprint density at radius 2 is 2.04 bits per heavy atom. The first-order valence-electron chi connectivity index (χ1n) is 8.34. The standard InChI is InChI=1S/C19H26N4O.HI/c1-19(2)12-16(15-9-5-6-10-17(15)24-19)22-18(20-3)21-13-14-8-7-11-23(14)4;/h5-11,16H,12-13H2,1-4H3,(H2,20,21,22);1H. The minimum atomic E-state index is -0.205. The molecule has 0 saturated heterocycles. The first-order chi connectivity index (χ1) is 11.5. The number of fused-ring (bicyclic) bond motifs is 1. The fraction of sp³-hybridized carbons (Fsp3) is 0.421. The lowest BCUT2D eigenvalue weighted by Crippen LogP contribution is -2.45. The fourth-order valence-electron chi connectivity index (χ4n) is 3.15. The van der Waals surface area contributed by atoms with Gasteiger partial charge in [-0.2, -0.15) is 0 Å². The SMILES string of the molecule is CN=C(NCc1cccn1C)NC1CC(C)(C)Oc2ccccc21.I. The number of aromatic nitrogens is 1. The Labute approximate surface area is 166 Å². The van der Waals surface area contributed by atoms with Crippen LogP contribution in [-0.4, -0.2) is 23.2 Å². The van der Waals surface area contributed by atoms with Gasteiger partial charge in [-0.05, 0) is 32.0 Å². The highest BCUT2D eigenvalue weighted by molar-refractivity contribution is 14.0. The summed E-state index contributed by atoms with van der Waals surface area (Å²) in [5, 5.41) is 6.94. The van der Waals surface area contributed by atoms with Gasteiger partial charge in [-0.15, -0.1) is 24.0 Å². The third-order valence-corrected chi connectivity index (χ3v) is 4.40. The van der Waals surface area contributed by atoms with E-state index in [9.17, 15) is 0 Å². The first-order valence-corrected chi connectivity index (χ1v) is 8.34. The summed E-state index contributed by atoms with van der Waals surface area (Å²) >= 11 is 0. The highest BCUT2D eigenvalue weighted by atomic mass is 127. The summed E-state index contributed by atoms with van der Waals surface area (Å²) in [5.41, 5.74) is 2.19. The van der Waals surface area contributed by atoms with Gasteiger partial charge in [0.05, 0.1) is 12.6 Å². The van der Waals surface area contributed by atoms with Crippen molar-refractivity contribution >= 4 is 29.9 Å². The van der Waals surface area contributed by atoms with Gasteiger partial charge >= 0.3 is 0 Å². The zero-order valence-corrected chi connectivity index (χ0v) is 17.6. The molecule has 0 amide bonds. The van der Waals surface area contributed by atoms with Crippen LogP contribution in [0.1, 0.15) is 37.6 Å². The highest BCUT2D eigenvalue weighted by Crippen LogP contribution is 2.39. The quantitative estimate of drug-likeness (QED) is 0.423. The maximum Gasteiger partial charge on any atom is 0.191 e. The largest absolute Gasteiger partial charge is 0.487 e. The smallest absolute Gasteiger partial charge is 0.191 e. The maximum atomic E-state index is 6.10. The molecule has 0 spiro atoms. The van der Waals surface area contributed by atoms with E-state index in [4.69, 9.17) is 4.74 Å². The lowest BCUT2D eigenvalue weighted by atomic mass is 9.90. The Morgan fingerprint density at radius 3 is 2.72 bits per heavy atom. The van der Waals surface area contributed by atoms with E-state index in [-0.39, 0.29) is 35.6 Å². The maximum absolute atomic E-state index is 6.10. The third kappa shape index (κ3) is 4.68. The summed E-state index contributed by atoms with van der Waals surface area (Å²) in [4.78, 5) is 4.38. The number of aliphatic imine (C=N–C) groups is 1. The number of para-hydroxylation sites is 1. The van der Waals surface area contributed by atoms with Gasteiger partial charge in [-0.25, -0.2) is 0 Å². The molecule has 5 nitrogen and oxygen atoms in total. The van der Waals surface area contributed by atoms with E-state index in [2.05, 4.69) is 52.2 Å². The monoisotopic (exact) mass is 454 g/mol. The predicted octanol–water partition coefficient (Wildman–Crippen LogP) is 3.61. The zero-order valence-electron chi connectivity index (χ0n) is 15.2. The van der Waals surface area contributed by atoms with E-state index >= 15 is 0 Å². The first kappa shape index (κ1) is 19.6. The van der Waals surface area contributed by atoms with Crippen molar-refractivity contribution in [2.45, 2.75) is 38.5 Å². The molecule has 1 aromatic carbocycles. The summed E-state index contributed by atoms with van der Waals surface area (Å²) in [6, 6.07) is 12.5. The van der Waals surface area contributed by atoms with Crippen LogP contribution in [0.2, 0.25) is 0 Å². The molecule has 25 heavy (non-hydrogen) atoms. The van der Waals surface area contributed by atoms with Gasteiger partial charge in [0.2, 0.25) is 0 Å². The van der Waals surface area contributed by atoms with E-state index in [1.807, 2.05) is 31.4 Å². The number of aryl methyl sites for hydroxylation is 1. The molecule has 6 heteroatoms. The number of ether oxygens (including phenoxy) is 1. The van der Waals surface area contributed by atoms with Crippen molar-refractivity contribution in [3.8, 4) is 5.75 Å². The number of benzene rings is 1. The third-order valence-electron chi connectivity index (χ3n) is 4.40.